The van der Waals surface area contributed by atoms with Gasteiger partial charge in [0.1, 0.15) is 5.75 Å². The zero-order valence-corrected chi connectivity index (χ0v) is 12.3. The highest BCUT2D eigenvalue weighted by molar-refractivity contribution is 5.43. The van der Waals surface area contributed by atoms with Crippen LogP contribution in [0, 0.1) is 19.8 Å². The average molecular weight is 263 g/mol. The second-order valence-electron chi connectivity index (χ2n) is 5.46. The lowest BCUT2D eigenvalue weighted by molar-refractivity contribution is 0.0495. The molecule has 1 aromatic rings. The van der Waals surface area contributed by atoms with E-state index in [2.05, 4.69) is 31.3 Å². The van der Waals surface area contributed by atoms with Gasteiger partial charge in [0.05, 0.1) is 6.61 Å². The highest BCUT2D eigenvalue weighted by Crippen LogP contribution is 2.26. The van der Waals surface area contributed by atoms with E-state index < -0.39 is 0 Å². The van der Waals surface area contributed by atoms with Gasteiger partial charge >= 0.3 is 0 Å². The van der Waals surface area contributed by atoms with Crippen LogP contribution in [0.15, 0.2) is 12.1 Å². The third-order valence-corrected chi connectivity index (χ3v) is 3.71. The quantitative estimate of drug-likeness (QED) is 0.886. The van der Waals surface area contributed by atoms with Gasteiger partial charge in [-0.25, -0.2) is 0 Å². The molecule has 3 heteroatoms. The Morgan fingerprint density at radius 3 is 2.42 bits per heavy atom. The Balaban J connectivity index is 1.99. The molecule has 1 N–H and O–H groups in total. The van der Waals surface area contributed by atoms with Gasteiger partial charge < -0.3 is 14.8 Å². The van der Waals surface area contributed by atoms with Gasteiger partial charge in [-0.05, 0) is 56.3 Å². The molecule has 0 bridgehead atoms. The van der Waals surface area contributed by atoms with Crippen molar-refractivity contribution in [2.24, 2.45) is 5.92 Å². The summed E-state index contributed by atoms with van der Waals surface area (Å²) in [5.41, 5.74) is 3.78. The predicted molar refractivity (Wildman–Crippen MR) is 77.7 cm³/mol. The van der Waals surface area contributed by atoms with Crippen molar-refractivity contribution in [3.63, 3.8) is 0 Å². The lowest BCUT2D eigenvalue weighted by Gasteiger charge is -2.23. The molecule has 2 rings (SSSR count). The fraction of sp³-hybridized carbons (Fsp3) is 0.625. The molecular weight excluding hydrogens is 238 g/mol. The molecule has 0 unspecified atom stereocenters. The monoisotopic (exact) mass is 263 g/mol. The standard InChI is InChI=1S/C16H25NO2/c1-12-8-15(10-17-3)9-13(2)16(12)19-11-14-4-6-18-7-5-14/h8-9,14,17H,4-7,10-11H2,1-3H3. The molecule has 0 aliphatic carbocycles. The summed E-state index contributed by atoms with van der Waals surface area (Å²) in [5, 5.41) is 3.19. The van der Waals surface area contributed by atoms with Gasteiger partial charge in [-0.2, -0.15) is 0 Å². The summed E-state index contributed by atoms with van der Waals surface area (Å²) in [6.07, 6.45) is 2.24. The zero-order valence-electron chi connectivity index (χ0n) is 12.3. The first-order chi connectivity index (χ1) is 9.20. The van der Waals surface area contributed by atoms with Gasteiger partial charge in [-0.1, -0.05) is 12.1 Å². The molecule has 3 nitrogen and oxygen atoms in total. The van der Waals surface area contributed by atoms with Gasteiger partial charge in [0, 0.05) is 19.8 Å². The van der Waals surface area contributed by atoms with Crippen LogP contribution >= 0.6 is 0 Å². The Kier molecular flexibility index (Phi) is 5.23. The van der Waals surface area contributed by atoms with E-state index in [4.69, 9.17) is 9.47 Å². The fourth-order valence-electron chi connectivity index (χ4n) is 2.69. The Labute approximate surface area is 116 Å². The SMILES string of the molecule is CNCc1cc(C)c(OCC2CCOCC2)c(C)c1. The second-order valence-corrected chi connectivity index (χ2v) is 5.46. The third kappa shape index (κ3) is 3.95. The van der Waals surface area contributed by atoms with Gasteiger partial charge in [-0.15, -0.1) is 0 Å². The normalized spacial score (nSPS) is 16.6. The summed E-state index contributed by atoms with van der Waals surface area (Å²) in [5.74, 6) is 1.70. The first kappa shape index (κ1) is 14.4. The number of hydrogen-bond acceptors (Lipinski definition) is 3. The van der Waals surface area contributed by atoms with Crippen molar-refractivity contribution in [3.05, 3.63) is 28.8 Å². The zero-order chi connectivity index (χ0) is 13.7. The van der Waals surface area contributed by atoms with Crippen LogP contribution in [0.5, 0.6) is 5.75 Å². The minimum Gasteiger partial charge on any atom is -0.493 e. The molecule has 106 valence electrons. The van der Waals surface area contributed by atoms with Gasteiger partial charge in [0.2, 0.25) is 0 Å². The molecule has 0 amide bonds. The van der Waals surface area contributed by atoms with Crippen molar-refractivity contribution in [2.45, 2.75) is 33.2 Å². The molecule has 0 saturated carbocycles. The maximum atomic E-state index is 6.06. The summed E-state index contributed by atoms with van der Waals surface area (Å²) < 4.78 is 11.4. The largest absolute Gasteiger partial charge is 0.493 e. The van der Waals surface area contributed by atoms with Crippen LogP contribution in [-0.2, 0) is 11.3 Å². The Hall–Kier alpha value is -1.06. The number of aryl methyl sites for hydroxylation is 2. The molecule has 1 heterocycles. The lowest BCUT2D eigenvalue weighted by Crippen LogP contribution is -2.21. The van der Waals surface area contributed by atoms with Gasteiger partial charge in [0.15, 0.2) is 0 Å². The average Bonchev–Trinajstić information content (AvgIpc) is 2.39. The molecule has 0 radical (unpaired) electrons. The summed E-state index contributed by atoms with van der Waals surface area (Å²) in [7, 11) is 1.97. The molecule has 1 saturated heterocycles. The minimum absolute atomic E-state index is 0.643. The lowest BCUT2D eigenvalue weighted by atomic mass is 10.0. The molecule has 1 aliphatic rings. The van der Waals surface area contributed by atoms with E-state index in [1.54, 1.807) is 0 Å². The molecule has 1 aromatic carbocycles. The highest BCUT2D eigenvalue weighted by Gasteiger charge is 2.15. The van der Waals surface area contributed by atoms with E-state index in [0.29, 0.717) is 5.92 Å². The van der Waals surface area contributed by atoms with Crippen LogP contribution in [0.25, 0.3) is 0 Å². The summed E-state index contributed by atoms with van der Waals surface area (Å²) in [6, 6.07) is 4.42. The van der Waals surface area contributed by atoms with E-state index in [1.807, 2.05) is 7.05 Å². The molecule has 1 aliphatic heterocycles. The number of rotatable bonds is 5. The summed E-state index contributed by atoms with van der Waals surface area (Å²) in [4.78, 5) is 0. The van der Waals surface area contributed by atoms with Crippen LogP contribution in [0.1, 0.15) is 29.5 Å². The Morgan fingerprint density at radius 1 is 1.21 bits per heavy atom. The van der Waals surface area contributed by atoms with E-state index in [1.165, 1.54) is 16.7 Å². The van der Waals surface area contributed by atoms with E-state index >= 15 is 0 Å². The Bertz CT molecular complexity index is 388. The van der Waals surface area contributed by atoms with Crippen LogP contribution in [0.2, 0.25) is 0 Å². The first-order valence-electron chi connectivity index (χ1n) is 7.16. The van der Waals surface area contributed by atoms with Crippen molar-refractivity contribution in [3.8, 4) is 5.75 Å². The van der Waals surface area contributed by atoms with Crippen LogP contribution in [-0.4, -0.2) is 26.9 Å². The minimum atomic E-state index is 0.643. The maximum absolute atomic E-state index is 6.06. The predicted octanol–water partition coefficient (Wildman–Crippen LogP) is 2.83. The fourth-order valence-corrected chi connectivity index (χ4v) is 2.69. The van der Waals surface area contributed by atoms with E-state index in [9.17, 15) is 0 Å². The molecule has 0 aromatic heterocycles. The van der Waals surface area contributed by atoms with Gasteiger partial charge in [-0.3, -0.25) is 0 Å². The molecule has 1 fully saturated rings. The highest BCUT2D eigenvalue weighted by atomic mass is 16.5. The number of nitrogens with one attached hydrogen (secondary N) is 1. The van der Waals surface area contributed by atoms with E-state index in [-0.39, 0.29) is 0 Å². The number of benzene rings is 1. The molecular formula is C16H25NO2. The van der Waals surface area contributed by atoms with Crippen LogP contribution < -0.4 is 10.1 Å². The van der Waals surface area contributed by atoms with Crippen molar-refractivity contribution in [2.75, 3.05) is 26.9 Å². The van der Waals surface area contributed by atoms with E-state index in [0.717, 1.165) is 45.0 Å². The third-order valence-electron chi connectivity index (χ3n) is 3.71. The van der Waals surface area contributed by atoms with Crippen LogP contribution in [0.3, 0.4) is 0 Å². The molecule has 0 atom stereocenters. The second kappa shape index (κ2) is 6.92. The molecule has 0 spiro atoms. The topological polar surface area (TPSA) is 30.5 Å². The van der Waals surface area contributed by atoms with Crippen molar-refractivity contribution >= 4 is 0 Å². The van der Waals surface area contributed by atoms with Crippen LogP contribution in [0.4, 0.5) is 0 Å². The van der Waals surface area contributed by atoms with Crippen molar-refractivity contribution in [1.29, 1.82) is 0 Å². The maximum Gasteiger partial charge on any atom is 0.125 e. The first-order valence-corrected chi connectivity index (χ1v) is 7.16. The number of ether oxygens (including phenoxy) is 2. The smallest absolute Gasteiger partial charge is 0.125 e. The van der Waals surface area contributed by atoms with Gasteiger partial charge in [0.25, 0.3) is 0 Å². The number of hydrogen-bond donors (Lipinski definition) is 1. The molecule has 19 heavy (non-hydrogen) atoms. The summed E-state index contributed by atoms with van der Waals surface area (Å²) in [6.45, 7) is 7.75. The summed E-state index contributed by atoms with van der Waals surface area (Å²) >= 11 is 0. The van der Waals surface area contributed by atoms with Crippen molar-refractivity contribution < 1.29 is 9.47 Å². The Morgan fingerprint density at radius 2 is 1.84 bits per heavy atom. The van der Waals surface area contributed by atoms with Crippen molar-refractivity contribution in [1.82, 2.24) is 5.32 Å².